The highest BCUT2D eigenvalue weighted by molar-refractivity contribution is 5.89. The number of anilines is 2. The molecule has 0 aliphatic carbocycles. The lowest BCUT2D eigenvalue weighted by atomic mass is 10.2. The average molecular weight is 314 g/mol. The SMILES string of the molecule is Nc1ccccc1C=Nc1ccc(N=Cc2ccccc2N)cc1. The van der Waals surface area contributed by atoms with Crippen molar-refractivity contribution in [2.45, 2.75) is 0 Å². The Hall–Kier alpha value is -3.40. The summed E-state index contributed by atoms with van der Waals surface area (Å²) in [6.07, 6.45) is 3.52. The highest BCUT2D eigenvalue weighted by Gasteiger charge is 1.95. The summed E-state index contributed by atoms with van der Waals surface area (Å²) >= 11 is 0. The maximum atomic E-state index is 5.90. The molecule has 0 aliphatic heterocycles. The normalized spacial score (nSPS) is 11.3. The van der Waals surface area contributed by atoms with Gasteiger partial charge in [0.15, 0.2) is 0 Å². The second kappa shape index (κ2) is 7.24. The molecule has 0 atom stereocenters. The molecular weight excluding hydrogens is 296 g/mol. The molecule has 0 spiro atoms. The molecule has 0 heterocycles. The van der Waals surface area contributed by atoms with Crippen LogP contribution >= 0.6 is 0 Å². The smallest absolute Gasteiger partial charge is 0.0631 e. The first-order chi connectivity index (χ1) is 11.7. The van der Waals surface area contributed by atoms with E-state index in [-0.39, 0.29) is 0 Å². The Bertz CT molecular complexity index is 806. The van der Waals surface area contributed by atoms with Crippen molar-refractivity contribution in [3.63, 3.8) is 0 Å². The molecule has 0 bridgehead atoms. The van der Waals surface area contributed by atoms with Crippen molar-refractivity contribution in [3.8, 4) is 0 Å². The first-order valence-electron chi connectivity index (χ1n) is 7.59. The van der Waals surface area contributed by atoms with Gasteiger partial charge in [0.1, 0.15) is 0 Å². The van der Waals surface area contributed by atoms with Crippen molar-refractivity contribution < 1.29 is 0 Å². The number of nitrogens with two attached hydrogens (primary N) is 2. The Kier molecular flexibility index (Phi) is 4.68. The fourth-order valence-corrected chi connectivity index (χ4v) is 2.17. The van der Waals surface area contributed by atoms with E-state index in [1.807, 2.05) is 72.8 Å². The second-order valence-corrected chi connectivity index (χ2v) is 5.29. The van der Waals surface area contributed by atoms with E-state index in [0.29, 0.717) is 11.4 Å². The third-order valence-electron chi connectivity index (χ3n) is 3.55. The van der Waals surface area contributed by atoms with Gasteiger partial charge in [0.25, 0.3) is 0 Å². The van der Waals surface area contributed by atoms with Gasteiger partial charge >= 0.3 is 0 Å². The van der Waals surface area contributed by atoms with E-state index in [4.69, 9.17) is 11.5 Å². The topological polar surface area (TPSA) is 76.8 Å². The summed E-state index contributed by atoms with van der Waals surface area (Å²) in [7, 11) is 0. The molecule has 0 amide bonds. The average Bonchev–Trinajstić information content (AvgIpc) is 2.61. The minimum absolute atomic E-state index is 0.711. The van der Waals surface area contributed by atoms with E-state index in [2.05, 4.69) is 9.98 Å². The fourth-order valence-electron chi connectivity index (χ4n) is 2.17. The zero-order valence-electron chi connectivity index (χ0n) is 13.1. The highest BCUT2D eigenvalue weighted by Crippen LogP contribution is 2.20. The number of para-hydroxylation sites is 2. The van der Waals surface area contributed by atoms with Gasteiger partial charge < -0.3 is 11.5 Å². The van der Waals surface area contributed by atoms with Crippen LogP contribution in [0, 0.1) is 0 Å². The quantitative estimate of drug-likeness (QED) is 0.554. The first kappa shape index (κ1) is 15.5. The number of benzene rings is 3. The van der Waals surface area contributed by atoms with Crippen LogP contribution in [0.3, 0.4) is 0 Å². The van der Waals surface area contributed by atoms with Gasteiger partial charge in [-0.2, -0.15) is 0 Å². The molecule has 24 heavy (non-hydrogen) atoms. The summed E-state index contributed by atoms with van der Waals surface area (Å²) in [6, 6.07) is 22.9. The van der Waals surface area contributed by atoms with Gasteiger partial charge in [-0.25, -0.2) is 0 Å². The van der Waals surface area contributed by atoms with Crippen molar-refractivity contribution >= 4 is 35.2 Å². The summed E-state index contributed by atoms with van der Waals surface area (Å²) in [6.45, 7) is 0. The number of rotatable bonds is 4. The van der Waals surface area contributed by atoms with Crippen LogP contribution in [0.5, 0.6) is 0 Å². The van der Waals surface area contributed by atoms with Crippen LogP contribution in [0.2, 0.25) is 0 Å². The van der Waals surface area contributed by atoms with E-state index in [9.17, 15) is 0 Å². The molecule has 0 radical (unpaired) electrons. The molecule has 3 aromatic carbocycles. The number of hydrogen-bond acceptors (Lipinski definition) is 4. The minimum Gasteiger partial charge on any atom is -0.398 e. The standard InChI is InChI=1S/C20H18N4/c21-19-7-3-1-5-15(19)13-23-17-9-11-18(12-10-17)24-14-16-6-2-4-8-20(16)22/h1-14H,21-22H2. The molecule has 0 saturated heterocycles. The molecule has 4 nitrogen and oxygen atoms in total. The van der Waals surface area contributed by atoms with Gasteiger partial charge in [-0.1, -0.05) is 36.4 Å². The summed E-state index contributed by atoms with van der Waals surface area (Å²) in [5, 5.41) is 0. The van der Waals surface area contributed by atoms with Crippen molar-refractivity contribution in [2.75, 3.05) is 11.5 Å². The number of nitrogens with zero attached hydrogens (tertiary/aromatic N) is 2. The number of aliphatic imine (C=N–C) groups is 2. The molecule has 0 unspecified atom stereocenters. The van der Waals surface area contributed by atoms with Crippen LogP contribution in [0.15, 0.2) is 82.8 Å². The predicted octanol–water partition coefficient (Wildman–Crippen LogP) is 4.35. The van der Waals surface area contributed by atoms with Gasteiger partial charge in [-0.05, 0) is 36.4 Å². The maximum Gasteiger partial charge on any atom is 0.0631 e. The molecule has 0 fully saturated rings. The monoisotopic (exact) mass is 314 g/mol. The predicted molar refractivity (Wildman–Crippen MR) is 103 cm³/mol. The van der Waals surface area contributed by atoms with Crippen molar-refractivity contribution in [3.05, 3.63) is 83.9 Å². The van der Waals surface area contributed by atoms with Gasteiger partial charge in [0, 0.05) is 34.9 Å². The number of hydrogen-bond donors (Lipinski definition) is 2. The number of nitrogen functional groups attached to an aromatic ring is 2. The van der Waals surface area contributed by atoms with Crippen molar-refractivity contribution in [1.82, 2.24) is 0 Å². The first-order valence-corrected chi connectivity index (χ1v) is 7.59. The maximum absolute atomic E-state index is 5.90. The molecular formula is C20H18N4. The van der Waals surface area contributed by atoms with Crippen LogP contribution in [0.25, 0.3) is 0 Å². The van der Waals surface area contributed by atoms with Crippen LogP contribution < -0.4 is 11.5 Å². The Morgan fingerprint density at radius 1 is 0.542 bits per heavy atom. The molecule has 4 N–H and O–H groups in total. The third-order valence-corrected chi connectivity index (χ3v) is 3.55. The largest absolute Gasteiger partial charge is 0.398 e. The zero-order valence-corrected chi connectivity index (χ0v) is 13.1. The van der Waals surface area contributed by atoms with Gasteiger partial charge in [-0.15, -0.1) is 0 Å². The summed E-state index contributed by atoms with van der Waals surface area (Å²) in [5.41, 5.74) is 16.7. The van der Waals surface area contributed by atoms with E-state index in [1.54, 1.807) is 12.4 Å². The van der Waals surface area contributed by atoms with Crippen molar-refractivity contribution in [1.29, 1.82) is 0 Å². The Morgan fingerprint density at radius 2 is 0.917 bits per heavy atom. The Balaban J connectivity index is 1.72. The fraction of sp³-hybridized carbons (Fsp3) is 0. The molecule has 0 saturated carbocycles. The lowest BCUT2D eigenvalue weighted by Crippen LogP contribution is -1.91. The third kappa shape index (κ3) is 3.87. The molecule has 4 heteroatoms. The minimum atomic E-state index is 0.711. The second-order valence-electron chi connectivity index (χ2n) is 5.29. The van der Waals surface area contributed by atoms with E-state index >= 15 is 0 Å². The van der Waals surface area contributed by atoms with Gasteiger partial charge in [0.05, 0.1) is 11.4 Å². The van der Waals surface area contributed by atoms with Crippen molar-refractivity contribution in [2.24, 2.45) is 9.98 Å². The lowest BCUT2D eigenvalue weighted by molar-refractivity contribution is 1.48. The Morgan fingerprint density at radius 3 is 1.29 bits per heavy atom. The summed E-state index contributed by atoms with van der Waals surface area (Å²) in [5.74, 6) is 0. The highest BCUT2D eigenvalue weighted by atomic mass is 14.7. The van der Waals surface area contributed by atoms with Crippen LogP contribution in [0.1, 0.15) is 11.1 Å². The molecule has 3 rings (SSSR count). The van der Waals surface area contributed by atoms with E-state index in [0.717, 1.165) is 22.5 Å². The van der Waals surface area contributed by atoms with E-state index < -0.39 is 0 Å². The van der Waals surface area contributed by atoms with Crippen LogP contribution in [-0.2, 0) is 0 Å². The zero-order chi connectivity index (χ0) is 16.8. The van der Waals surface area contributed by atoms with Crippen LogP contribution in [-0.4, -0.2) is 12.4 Å². The molecule has 0 aromatic heterocycles. The van der Waals surface area contributed by atoms with E-state index in [1.165, 1.54) is 0 Å². The van der Waals surface area contributed by atoms with Crippen LogP contribution in [0.4, 0.5) is 22.7 Å². The summed E-state index contributed by atoms with van der Waals surface area (Å²) in [4.78, 5) is 8.87. The molecule has 3 aromatic rings. The Labute approximate surface area is 141 Å². The van der Waals surface area contributed by atoms with Gasteiger partial charge in [0.2, 0.25) is 0 Å². The van der Waals surface area contributed by atoms with Gasteiger partial charge in [-0.3, -0.25) is 9.98 Å². The summed E-state index contributed by atoms with van der Waals surface area (Å²) < 4.78 is 0. The molecule has 118 valence electrons. The lowest BCUT2D eigenvalue weighted by Gasteiger charge is -2.00. The molecule has 0 aliphatic rings.